The minimum Gasteiger partial charge on any atom is -0.355 e. The molecule has 10 heteroatoms. The SMILES string of the molecule is CC(=O)NCCN(C)C(=O)c1cc(S(=O)(=O)CC(=O)Cc2c3c(cc4c2CCC4)CCC3)nn1C. The van der Waals surface area contributed by atoms with Crippen molar-refractivity contribution in [3.05, 3.63) is 45.6 Å². The van der Waals surface area contributed by atoms with Crippen LogP contribution in [0, 0.1) is 0 Å². The van der Waals surface area contributed by atoms with Crippen LogP contribution in [0.4, 0.5) is 0 Å². The maximum atomic E-state index is 13.0. The van der Waals surface area contributed by atoms with E-state index in [-0.39, 0.29) is 41.9 Å². The number of Topliss-reactive ketones (excluding diaryl/α,β-unsaturated/α-hetero) is 1. The lowest BCUT2D eigenvalue weighted by Gasteiger charge is -2.16. The molecular weight excluding hydrogens is 468 g/mol. The van der Waals surface area contributed by atoms with E-state index in [0.29, 0.717) is 0 Å². The third-order valence-corrected chi connectivity index (χ3v) is 8.42. The highest BCUT2D eigenvalue weighted by Crippen LogP contribution is 2.35. The van der Waals surface area contributed by atoms with Crippen LogP contribution in [0.5, 0.6) is 0 Å². The van der Waals surface area contributed by atoms with Gasteiger partial charge in [0.2, 0.25) is 15.7 Å². The predicted molar refractivity (Wildman–Crippen MR) is 130 cm³/mol. The molecule has 0 aliphatic heterocycles. The molecule has 0 unspecified atom stereocenters. The summed E-state index contributed by atoms with van der Waals surface area (Å²) in [5.74, 6) is -1.62. The van der Waals surface area contributed by atoms with Gasteiger partial charge in [0.15, 0.2) is 10.8 Å². The molecule has 1 aromatic heterocycles. The zero-order chi connectivity index (χ0) is 25.3. The van der Waals surface area contributed by atoms with Crippen LogP contribution < -0.4 is 5.32 Å². The number of aryl methyl sites for hydroxylation is 3. The Balaban J connectivity index is 1.47. The van der Waals surface area contributed by atoms with Gasteiger partial charge in [0.05, 0.1) is 0 Å². The molecule has 1 heterocycles. The van der Waals surface area contributed by atoms with Gasteiger partial charge in [-0.2, -0.15) is 5.10 Å². The molecule has 0 saturated carbocycles. The molecular formula is C25H32N4O5S. The highest BCUT2D eigenvalue weighted by Gasteiger charge is 2.29. The topological polar surface area (TPSA) is 118 Å². The van der Waals surface area contributed by atoms with Crippen LogP contribution in [0.25, 0.3) is 0 Å². The van der Waals surface area contributed by atoms with E-state index in [9.17, 15) is 22.8 Å². The Morgan fingerprint density at radius 1 is 1.06 bits per heavy atom. The third kappa shape index (κ3) is 5.32. The van der Waals surface area contributed by atoms with Gasteiger partial charge in [-0.25, -0.2) is 8.42 Å². The first kappa shape index (κ1) is 25.1. The van der Waals surface area contributed by atoms with Crippen LogP contribution in [0.15, 0.2) is 17.2 Å². The molecule has 4 rings (SSSR count). The van der Waals surface area contributed by atoms with Crippen molar-refractivity contribution >= 4 is 27.4 Å². The summed E-state index contributed by atoms with van der Waals surface area (Å²) in [6.45, 7) is 1.93. The van der Waals surface area contributed by atoms with E-state index < -0.39 is 21.5 Å². The fraction of sp³-hybridized carbons (Fsp3) is 0.520. The lowest BCUT2D eigenvalue weighted by molar-refractivity contribution is -0.119. The highest BCUT2D eigenvalue weighted by molar-refractivity contribution is 7.92. The normalized spacial score (nSPS) is 14.5. The van der Waals surface area contributed by atoms with Crippen LogP contribution in [0.3, 0.4) is 0 Å². The summed E-state index contributed by atoms with van der Waals surface area (Å²) in [6, 6.07) is 3.51. The van der Waals surface area contributed by atoms with Crippen LogP contribution in [-0.2, 0) is 58.6 Å². The Hall–Kier alpha value is -3.01. The van der Waals surface area contributed by atoms with Crippen LogP contribution in [-0.4, -0.2) is 66.6 Å². The third-order valence-electron chi connectivity index (χ3n) is 6.89. The van der Waals surface area contributed by atoms with Gasteiger partial charge < -0.3 is 10.2 Å². The summed E-state index contributed by atoms with van der Waals surface area (Å²) in [5.41, 5.74) is 6.25. The van der Waals surface area contributed by atoms with Gasteiger partial charge in [-0.3, -0.25) is 19.1 Å². The molecule has 2 amide bonds. The molecule has 2 aliphatic carbocycles. The average Bonchev–Trinajstić information content (AvgIpc) is 3.51. The minimum atomic E-state index is -4.01. The second kappa shape index (κ2) is 9.93. The number of likely N-dealkylation sites (N-methyl/N-ethyl adjacent to an activating group) is 1. The maximum absolute atomic E-state index is 13.0. The molecule has 0 bridgehead atoms. The summed E-state index contributed by atoms with van der Waals surface area (Å²) in [7, 11) is -0.953. The van der Waals surface area contributed by atoms with Crippen LogP contribution in [0.2, 0.25) is 0 Å². The summed E-state index contributed by atoms with van der Waals surface area (Å²) < 4.78 is 27.3. The first-order valence-electron chi connectivity index (χ1n) is 12.0. The monoisotopic (exact) mass is 500 g/mol. The Kier molecular flexibility index (Phi) is 7.12. The zero-order valence-corrected chi connectivity index (χ0v) is 21.3. The maximum Gasteiger partial charge on any atom is 0.271 e. The number of hydrogen-bond acceptors (Lipinski definition) is 6. The van der Waals surface area contributed by atoms with Gasteiger partial charge in [0.25, 0.3) is 5.91 Å². The number of nitrogens with zero attached hydrogens (tertiary/aromatic N) is 3. The van der Waals surface area contributed by atoms with Crippen LogP contribution >= 0.6 is 0 Å². The van der Waals surface area contributed by atoms with E-state index in [1.54, 1.807) is 7.05 Å². The van der Waals surface area contributed by atoms with E-state index in [1.807, 2.05) is 0 Å². The number of aromatic nitrogens is 2. The molecule has 0 fully saturated rings. The van der Waals surface area contributed by atoms with Crippen molar-refractivity contribution in [1.29, 1.82) is 0 Å². The number of carbonyl (C=O) groups excluding carboxylic acids is 3. The molecule has 1 N–H and O–H groups in total. The number of amides is 2. The Bertz CT molecular complexity index is 1260. The Morgan fingerprint density at radius 3 is 2.29 bits per heavy atom. The fourth-order valence-electron chi connectivity index (χ4n) is 5.17. The number of nitrogens with one attached hydrogen (secondary N) is 1. The molecule has 0 radical (unpaired) electrons. The van der Waals surface area contributed by atoms with E-state index in [0.717, 1.165) is 44.1 Å². The zero-order valence-electron chi connectivity index (χ0n) is 20.5. The number of fused-ring (bicyclic) bond motifs is 2. The number of ketones is 1. The lowest BCUT2D eigenvalue weighted by Crippen LogP contribution is -2.36. The van der Waals surface area contributed by atoms with Crippen LogP contribution in [0.1, 0.15) is 58.1 Å². The number of sulfone groups is 1. The van der Waals surface area contributed by atoms with Gasteiger partial charge >= 0.3 is 0 Å². The van der Waals surface area contributed by atoms with Crippen molar-refractivity contribution in [2.45, 2.75) is 56.9 Å². The van der Waals surface area contributed by atoms with Crippen molar-refractivity contribution in [2.75, 3.05) is 25.9 Å². The van der Waals surface area contributed by atoms with Gasteiger partial charge in [-0.05, 0) is 66.3 Å². The summed E-state index contributed by atoms with van der Waals surface area (Å²) >= 11 is 0. The molecule has 9 nitrogen and oxygen atoms in total. The molecule has 35 heavy (non-hydrogen) atoms. The van der Waals surface area contributed by atoms with Crippen molar-refractivity contribution in [1.82, 2.24) is 20.0 Å². The molecule has 1 aromatic carbocycles. The molecule has 188 valence electrons. The standard InChI is InChI=1S/C25H32N4O5S/c1-16(30)26-10-11-28(2)25(32)23-14-24(27-29(23)3)35(33,34)15-19(31)13-22-20-8-4-6-17(20)12-18-7-5-9-21(18)22/h12,14H,4-11,13,15H2,1-3H3,(H,26,30). The second-order valence-electron chi connectivity index (χ2n) is 9.51. The molecule has 2 aromatic rings. The van der Waals surface area contributed by atoms with Crippen molar-refractivity contribution in [2.24, 2.45) is 7.05 Å². The lowest BCUT2D eigenvalue weighted by atomic mass is 9.91. The summed E-state index contributed by atoms with van der Waals surface area (Å²) in [4.78, 5) is 38.1. The van der Waals surface area contributed by atoms with Crippen molar-refractivity contribution in [3.63, 3.8) is 0 Å². The van der Waals surface area contributed by atoms with E-state index >= 15 is 0 Å². The van der Waals surface area contributed by atoms with E-state index in [4.69, 9.17) is 0 Å². The smallest absolute Gasteiger partial charge is 0.271 e. The number of rotatable bonds is 9. The Labute approximate surface area is 205 Å². The van der Waals surface area contributed by atoms with E-state index in [1.165, 1.54) is 51.9 Å². The highest BCUT2D eigenvalue weighted by atomic mass is 32.2. The molecule has 2 aliphatic rings. The minimum absolute atomic E-state index is 0.0973. The number of benzene rings is 1. The van der Waals surface area contributed by atoms with Gasteiger partial charge in [-0.1, -0.05) is 6.07 Å². The number of carbonyl (C=O) groups is 3. The largest absolute Gasteiger partial charge is 0.355 e. The predicted octanol–water partition coefficient (Wildman–Crippen LogP) is 1.19. The van der Waals surface area contributed by atoms with E-state index in [2.05, 4.69) is 16.5 Å². The first-order valence-corrected chi connectivity index (χ1v) is 13.7. The molecule has 0 atom stereocenters. The number of hydrogen-bond donors (Lipinski definition) is 1. The van der Waals surface area contributed by atoms with Gasteiger partial charge in [0, 0.05) is 46.6 Å². The van der Waals surface area contributed by atoms with Crippen molar-refractivity contribution in [3.8, 4) is 0 Å². The summed E-state index contributed by atoms with van der Waals surface area (Å²) in [5, 5.41) is 6.36. The van der Waals surface area contributed by atoms with Crippen molar-refractivity contribution < 1.29 is 22.8 Å². The average molecular weight is 501 g/mol. The first-order chi connectivity index (χ1) is 16.6. The molecule has 0 spiro atoms. The van der Waals surface area contributed by atoms with Gasteiger partial charge in [0.1, 0.15) is 11.4 Å². The fourth-order valence-corrected chi connectivity index (χ4v) is 6.38. The second-order valence-corrected chi connectivity index (χ2v) is 11.4. The van der Waals surface area contributed by atoms with Gasteiger partial charge in [-0.15, -0.1) is 0 Å². The molecule has 0 saturated heterocycles. The Morgan fingerprint density at radius 2 is 1.69 bits per heavy atom. The summed E-state index contributed by atoms with van der Waals surface area (Å²) in [6.07, 6.45) is 6.19. The quantitative estimate of drug-likeness (QED) is 0.553.